The van der Waals surface area contributed by atoms with Gasteiger partial charge in [0.1, 0.15) is 17.9 Å². The molecule has 27 heavy (non-hydrogen) atoms. The van der Waals surface area contributed by atoms with Crippen molar-refractivity contribution in [3.63, 3.8) is 0 Å². The Bertz CT molecular complexity index is 1010. The van der Waals surface area contributed by atoms with E-state index in [4.69, 9.17) is 20.8 Å². The molecule has 0 saturated carbocycles. The number of methoxy groups -OCH3 is 1. The lowest BCUT2D eigenvalue weighted by Gasteiger charge is -2.34. The number of quaternary nitrogens is 1. The zero-order valence-corrected chi connectivity index (χ0v) is 16.0. The highest BCUT2D eigenvalue weighted by Gasteiger charge is 2.23. The fraction of sp³-hybridized carbons (Fsp3) is 0.286. The van der Waals surface area contributed by atoms with Crippen molar-refractivity contribution in [2.45, 2.75) is 6.54 Å². The monoisotopic (exact) mass is 385 g/mol. The van der Waals surface area contributed by atoms with Gasteiger partial charge in [-0.3, -0.25) is 0 Å². The number of nitrogens with one attached hydrogen (secondary N) is 1. The van der Waals surface area contributed by atoms with Crippen LogP contribution < -0.4 is 20.2 Å². The number of benzene rings is 2. The molecule has 1 aliphatic heterocycles. The van der Waals surface area contributed by atoms with E-state index in [0.29, 0.717) is 10.6 Å². The Balaban J connectivity index is 1.51. The average Bonchev–Trinajstić information content (AvgIpc) is 2.69. The minimum atomic E-state index is -0.313. The summed E-state index contributed by atoms with van der Waals surface area (Å²) >= 11 is 6.14. The molecule has 0 atom stereocenters. The first-order valence-electron chi connectivity index (χ1n) is 9.08. The topological polar surface area (TPSA) is 47.1 Å². The van der Waals surface area contributed by atoms with Gasteiger partial charge in [-0.2, -0.15) is 0 Å². The molecule has 2 aromatic carbocycles. The molecule has 1 saturated heterocycles. The van der Waals surface area contributed by atoms with Crippen LogP contribution in [0.25, 0.3) is 11.0 Å². The molecular weight excluding hydrogens is 364 g/mol. The van der Waals surface area contributed by atoms with Crippen LogP contribution in [0.5, 0.6) is 5.75 Å². The summed E-state index contributed by atoms with van der Waals surface area (Å²) in [5, 5.41) is 1.57. The second-order valence-electron chi connectivity index (χ2n) is 6.82. The number of para-hydroxylation sites is 2. The van der Waals surface area contributed by atoms with Crippen molar-refractivity contribution in [2.75, 3.05) is 38.2 Å². The molecular formula is C21H22ClN2O3+. The van der Waals surface area contributed by atoms with E-state index < -0.39 is 0 Å². The summed E-state index contributed by atoms with van der Waals surface area (Å²) in [6.07, 6.45) is 0. The Morgan fingerprint density at radius 2 is 1.93 bits per heavy atom. The molecule has 1 N–H and O–H groups in total. The van der Waals surface area contributed by atoms with Crippen LogP contribution in [0.3, 0.4) is 0 Å². The molecule has 0 aliphatic carbocycles. The highest BCUT2D eigenvalue weighted by Crippen LogP contribution is 2.27. The van der Waals surface area contributed by atoms with E-state index in [1.165, 1.54) is 4.90 Å². The van der Waals surface area contributed by atoms with Gasteiger partial charge in [-0.15, -0.1) is 0 Å². The third kappa shape index (κ3) is 3.80. The molecule has 1 aromatic heterocycles. The molecule has 3 aromatic rings. The molecule has 0 radical (unpaired) electrons. The van der Waals surface area contributed by atoms with Gasteiger partial charge in [-0.1, -0.05) is 23.7 Å². The van der Waals surface area contributed by atoms with Crippen molar-refractivity contribution in [2.24, 2.45) is 0 Å². The zero-order chi connectivity index (χ0) is 18.8. The van der Waals surface area contributed by atoms with E-state index in [0.717, 1.165) is 55.1 Å². The first kappa shape index (κ1) is 17.9. The smallest absolute Gasteiger partial charge is 0.336 e. The molecule has 1 aliphatic rings. The summed E-state index contributed by atoms with van der Waals surface area (Å²) in [6, 6.07) is 15.1. The lowest BCUT2D eigenvalue weighted by Crippen LogP contribution is -3.13. The van der Waals surface area contributed by atoms with E-state index in [-0.39, 0.29) is 5.63 Å². The van der Waals surface area contributed by atoms with Crippen LogP contribution in [0.15, 0.2) is 57.7 Å². The van der Waals surface area contributed by atoms with Gasteiger partial charge in [0, 0.05) is 22.0 Å². The Morgan fingerprint density at radius 3 is 2.70 bits per heavy atom. The third-order valence-electron chi connectivity index (χ3n) is 5.13. The standard InChI is InChI=1S/C21H21ClN2O3/c1-26-20-5-3-2-4-18(20)24-10-8-23(9-11-24)14-15-12-21(25)27-19-7-6-16(22)13-17(15)19/h2-7,12-13H,8-11,14H2,1H3/p+1. The number of anilines is 1. The molecule has 1 fully saturated rings. The summed E-state index contributed by atoms with van der Waals surface area (Å²) in [7, 11) is 1.71. The molecule has 140 valence electrons. The number of rotatable bonds is 4. The summed E-state index contributed by atoms with van der Waals surface area (Å²) in [5.41, 5.74) is 2.40. The maximum atomic E-state index is 11.9. The van der Waals surface area contributed by atoms with Crippen molar-refractivity contribution < 1.29 is 14.1 Å². The number of fused-ring (bicyclic) bond motifs is 1. The number of ether oxygens (including phenoxy) is 1. The van der Waals surface area contributed by atoms with Crippen molar-refractivity contribution >= 4 is 28.3 Å². The normalized spacial score (nSPS) is 15.3. The van der Waals surface area contributed by atoms with Crippen molar-refractivity contribution in [3.05, 3.63) is 69.5 Å². The molecule has 6 heteroatoms. The van der Waals surface area contributed by atoms with Gasteiger partial charge in [-0.25, -0.2) is 4.79 Å². The quantitative estimate of drug-likeness (QED) is 0.700. The maximum Gasteiger partial charge on any atom is 0.336 e. The van der Waals surface area contributed by atoms with Crippen LogP contribution in [-0.2, 0) is 6.54 Å². The number of piperazine rings is 1. The highest BCUT2D eigenvalue weighted by atomic mass is 35.5. The van der Waals surface area contributed by atoms with Gasteiger partial charge in [-0.05, 0) is 30.3 Å². The van der Waals surface area contributed by atoms with Gasteiger partial charge in [0.2, 0.25) is 0 Å². The minimum Gasteiger partial charge on any atom is -0.495 e. The van der Waals surface area contributed by atoms with Crippen LogP contribution >= 0.6 is 11.6 Å². The first-order valence-corrected chi connectivity index (χ1v) is 9.45. The summed E-state index contributed by atoms with van der Waals surface area (Å²) in [4.78, 5) is 15.7. The van der Waals surface area contributed by atoms with Gasteiger partial charge >= 0.3 is 5.63 Å². The van der Waals surface area contributed by atoms with Gasteiger partial charge in [0.25, 0.3) is 0 Å². The van der Waals surface area contributed by atoms with Gasteiger partial charge in [0.05, 0.1) is 39.0 Å². The Labute approximate surface area is 162 Å². The number of hydrogen-bond acceptors (Lipinski definition) is 4. The number of hydrogen-bond donors (Lipinski definition) is 1. The lowest BCUT2D eigenvalue weighted by atomic mass is 10.1. The first-order chi connectivity index (χ1) is 13.1. The van der Waals surface area contributed by atoms with Crippen molar-refractivity contribution in [1.29, 1.82) is 0 Å². The second kappa shape index (κ2) is 7.62. The van der Waals surface area contributed by atoms with Gasteiger partial charge < -0.3 is 19.0 Å². The molecule has 0 bridgehead atoms. The summed E-state index contributed by atoms with van der Waals surface area (Å²) in [6.45, 7) is 4.63. The van der Waals surface area contributed by atoms with E-state index in [9.17, 15) is 4.79 Å². The predicted molar refractivity (Wildman–Crippen MR) is 107 cm³/mol. The van der Waals surface area contributed by atoms with Crippen LogP contribution in [-0.4, -0.2) is 33.3 Å². The largest absolute Gasteiger partial charge is 0.495 e. The van der Waals surface area contributed by atoms with E-state index in [1.807, 2.05) is 24.3 Å². The number of nitrogens with zero attached hydrogens (tertiary/aromatic N) is 1. The fourth-order valence-corrected chi connectivity index (χ4v) is 3.92. The van der Waals surface area contributed by atoms with Crippen molar-refractivity contribution in [3.8, 4) is 5.75 Å². The lowest BCUT2D eigenvalue weighted by molar-refractivity contribution is -0.914. The molecule has 4 rings (SSSR count). The Morgan fingerprint density at radius 1 is 1.15 bits per heavy atom. The number of halogens is 1. The second-order valence-corrected chi connectivity index (χ2v) is 7.25. The fourth-order valence-electron chi connectivity index (χ4n) is 3.75. The summed E-state index contributed by atoms with van der Waals surface area (Å²) in [5.74, 6) is 0.905. The van der Waals surface area contributed by atoms with E-state index in [1.54, 1.807) is 25.3 Å². The zero-order valence-electron chi connectivity index (χ0n) is 15.2. The summed E-state index contributed by atoms with van der Waals surface area (Å²) < 4.78 is 10.8. The molecule has 5 nitrogen and oxygen atoms in total. The van der Waals surface area contributed by atoms with Crippen LogP contribution in [0.4, 0.5) is 5.69 Å². The maximum absolute atomic E-state index is 11.9. The minimum absolute atomic E-state index is 0.313. The Hall–Kier alpha value is -2.50. The van der Waals surface area contributed by atoms with E-state index >= 15 is 0 Å². The van der Waals surface area contributed by atoms with Crippen LogP contribution in [0, 0.1) is 0 Å². The molecule has 2 heterocycles. The highest BCUT2D eigenvalue weighted by molar-refractivity contribution is 6.31. The van der Waals surface area contributed by atoms with Crippen molar-refractivity contribution in [1.82, 2.24) is 0 Å². The average molecular weight is 386 g/mol. The molecule has 0 amide bonds. The third-order valence-corrected chi connectivity index (χ3v) is 5.36. The predicted octanol–water partition coefficient (Wildman–Crippen LogP) is 2.36. The van der Waals surface area contributed by atoms with E-state index in [2.05, 4.69) is 11.0 Å². The van der Waals surface area contributed by atoms with Gasteiger partial charge in [0.15, 0.2) is 0 Å². The SMILES string of the molecule is COc1ccccc1N1CC[NH+](Cc2cc(=O)oc3ccc(Cl)cc23)CC1. The van der Waals surface area contributed by atoms with Crippen LogP contribution in [0.1, 0.15) is 5.56 Å². The Kier molecular flexibility index (Phi) is 5.05. The van der Waals surface area contributed by atoms with Crippen LogP contribution in [0.2, 0.25) is 5.02 Å². The molecule has 0 spiro atoms. The molecule has 0 unspecified atom stereocenters.